The van der Waals surface area contributed by atoms with Crippen LogP contribution < -0.4 is 4.74 Å². The van der Waals surface area contributed by atoms with E-state index in [4.69, 9.17) is 33.0 Å². The van der Waals surface area contributed by atoms with Crippen LogP contribution in [0.25, 0.3) is 0 Å². The summed E-state index contributed by atoms with van der Waals surface area (Å²) in [5.74, 6) is -1.35. The van der Waals surface area contributed by atoms with Crippen molar-refractivity contribution in [2.75, 3.05) is 6.61 Å². The van der Waals surface area contributed by atoms with Crippen LogP contribution in [-0.2, 0) is 4.79 Å². The molecule has 1 N–H and O–H groups in total. The Labute approximate surface area is 120 Å². The molecule has 0 amide bonds. The van der Waals surface area contributed by atoms with Gasteiger partial charge in [0.05, 0.1) is 10.0 Å². The highest BCUT2D eigenvalue weighted by Gasteiger charge is 2.16. The van der Waals surface area contributed by atoms with Crippen molar-refractivity contribution in [1.29, 1.82) is 0 Å². The molecule has 0 radical (unpaired) electrons. The molecule has 0 aliphatic rings. The number of allylic oxidation sites excluding steroid dienone is 1. The first-order chi connectivity index (χ1) is 8.86. The van der Waals surface area contributed by atoms with E-state index in [1.807, 2.05) is 6.92 Å². The molecule has 0 atom stereocenters. The number of carbonyl (C=O) groups excluding carboxylic acids is 1. The number of hydrogen-bond donors (Lipinski definition) is 1. The van der Waals surface area contributed by atoms with E-state index in [9.17, 15) is 9.59 Å². The Morgan fingerprint density at radius 1 is 1.32 bits per heavy atom. The normalized spacial score (nSPS) is 10.1. The van der Waals surface area contributed by atoms with E-state index in [1.54, 1.807) is 0 Å². The molecular formula is C13H12Cl2O4. The largest absolute Gasteiger partial charge is 0.479 e. The zero-order valence-electron chi connectivity index (χ0n) is 10.2. The fourth-order valence-electron chi connectivity index (χ4n) is 1.33. The fourth-order valence-corrected chi connectivity index (χ4v) is 1.92. The zero-order chi connectivity index (χ0) is 14.6. The summed E-state index contributed by atoms with van der Waals surface area (Å²) in [7, 11) is 0. The molecule has 0 aliphatic carbocycles. The van der Waals surface area contributed by atoms with Crippen LogP contribution in [0.2, 0.25) is 10.0 Å². The quantitative estimate of drug-likeness (QED) is 0.644. The monoisotopic (exact) mass is 302 g/mol. The number of hydrogen-bond acceptors (Lipinski definition) is 3. The Bertz CT molecular complexity index is 514. The summed E-state index contributed by atoms with van der Waals surface area (Å²) in [6, 6.07) is 2.77. The molecule has 6 heteroatoms. The molecule has 0 saturated carbocycles. The van der Waals surface area contributed by atoms with E-state index in [-0.39, 0.29) is 21.6 Å². The highest BCUT2D eigenvalue weighted by molar-refractivity contribution is 6.38. The number of carboxylic acid groups (broad SMARTS) is 1. The summed E-state index contributed by atoms with van der Waals surface area (Å²) < 4.78 is 4.95. The standard InChI is InChI=1S/C13H12Cl2O4/c1-3-7(2)12(18)8-4-9(14)13(10(15)5-8)19-6-11(16)17/h4-5H,2-3,6H2,1H3,(H,16,17). The molecule has 4 nitrogen and oxygen atoms in total. The van der Waals surface area contributed by atoms with Crippen LogP contribution in [0.1, 0.15) is 23.7 Å². The molecule has 0 aliphatic heterocycles. The molecule has 0 aromatic heterocycles. The molecule has 1 aromatic carbocycles. The minimum atomic E-state index is -1.15. The average molecular weight is 303 g/mol. The van der Waals surface area contributed by atoms with Crippen molar-refractivity contribution >= 4 is 35.0 Å². The molecule has 1 rings (SSSR count). The van der Waals surface area contributed by atoms with Crippen molar-refractivity contribution in [2.45, 2.75) is 13.3 Å². The van der Waals surface area contributed by atoms with Gasteiger partial charge in [0.25, 0.3) is 0 Å². The number of ether oxygens (including phenoxy) is 1. The van der Waals surface area contributed by atoms with Gasteiger partial charge in [-0.05, 0) is 24.1 Å². The lowest BCUT2D eigenvalue weighted by Crippen LogP contribution is -2.10. The summed E-state index contributed by atoms with van der Waals surface area (Å²) in [5.41, 5.74) is 0.732. The van der Waals surface area contributed by atoms with Crippen LogP contribution in [0, 0.1) is 0 Å². The molecule has 19 heavy (non-hydrogen) atoms. The fraction of sp³-hybridized carbons (Fsp3) is 0.231. The van der Waals surface area contributed by atoms with Gasteiger partial charge in [-0.15, -0.1) is 0 Å². The van der Waals surface area contributed by atoms with E-state index in [1.165, 1.54) is 12.1 Å². The summed E-state index contributed by atoms with van der Waals surface area (Å²) >= 11 is 11.9. The topological polar surface area (TPSA) is 63.6 Å². The van der Waals surface area contributed by atoms with Crippen molar-refractivity contribution in [2.24, 2.45) is 0 Å². The maximum Gasteiger partial charge on any atom is 0.341 e. The van der Waals surface area contributed by atoms with E-state index < -0.39 is 12.6 Å². The van der Waals surface area contributed by atoms with E-state index in [0.717, 1.165) is 0 Å². The van der Waals surface area contributed by atoms with Gasteiger partial charge in [0.2, 0.25) is 0 Å². The van der Waals surface area contributed by atoms with E-state index >= 15 is 0 Å². The van der Waals surface area contributed by atoms with Gasteiger partial charge >= 0.3 is 5.97 Å². The number of benzene rings is 1. The molecule has 0 unspecified atom stereocenters. The SMILES string of the molecule is C=C(CC)C(=O)c1cc(Cl)c(OCC(=O)O)c(Cl)c1. The van der Waals surface area contributed by atoms with Crippen LogP contribution in [0.15, 0.2) is 24.3 Å². The second kappa shape index (κ2) is 6.59. The summed E-state index contributed by atoms with van der Waals surface area (Å²) in [6.07, 6.45) is 0.519. The summed E-state index contributed by atoms with van der Waals surface area (Å²) in [6.45, 7) is 4.90. The number of ketones is 1. The van der Waals surface area contributed by atoms with Gasteiger partial charge in [-0.3, -0.25) is 4.79 Å². The molecule has 0 saturated heterocycles. The van der Waals surface area contributed by atoms with Gasteiger partial charge in [0, 0.05) is 5.56 Å². The molecule has 0 fully saturated rings. The average Bonchev–Trinajstić information content (AvgIpc) is 2.35. The van der Waals surface area contributed by atoms with Gasteiger partial charge in [0.1, 0.15) is 0 Å². The Balaban J connectivity index is 3.06. The summed E-state index contributed by atoms with van der Waals surface area (Å²) in [5, 5.41) is 8.70. The minimum absolute atomic E-state index is 0.0457. The third kappa shape index (κ3) is 3.98. The highest BCUT2D eigenvalue weighted by Crippen LogP contribution is 2.34. The van der Waals surface area contributed by atoms with Gasteiger partial charge in [-0.1, -0.05) is 36.7 Å². The minimum Gasteiger partial charge on any atom is -0.479 e. The summed E-state index contributed by atoms with van der Waals surface area (Å²) in [4.78, 5) is 22.3. The number of aliphatic carboxylic acids is 1. The van der Waals surface area contributed by atoms with Gasteiger partial charge in [-0.2, -0.15) is 0 Å². The predicted molar refractivity (Wildman–Crippen MR) is 73.4 cm³/mol. The zero-order valence-corrected chi connectivity index (χ0v) is 11.7. The second-order valence-electron chi connectivity index (χ2n) is 3.74. The molecule has 1 aromatic rings. The smallest absolute Gasteiger partial charge is 0.341 e. The molecule has 0 heterocycles. The van der Waals surface area contributed by atoms with E-state index in [2.05, 4.69) is 6.58 Å². The van der Waals surface area contributed by atoms with Crippen LogP contribution in [0.3, 0.4) is 0 Å². The Morgan fingerprint density at radius 2 is 1.84 bits per heavy atom. The lowest BCUT2D eigenvalue weighted by Gasteiger charge is -2.10. The van der Waals surface area contributed by atoms with E-state index in [0.29, 0.717) is 17.6 Å². The van der Waals surface area contributed by atoms with Crippen molar-refractivity contribution < 1.29 is 19.4 Å². The van der Waals surface area contributed by atoms with Crippen LogP contribution in [0.4, 0.5) is 0 Å². The first kappa shape index (κ1) is 15.5. The predicted octanol–water partition coefficient (Wildman–Crippen LogP) is 3.61. The van der Waals surface area contributed by atoms with Crippen molar-refractivity contribution in [3.05, 3.63) is 39.9 Å². The third-order valence-corrected chi connectivity index (χ3v) is 2.91. The number of rotatable bonds is 6. The first-order valence-electron chi connectivity index (χ1n) is 5.43. The maximum absolute atomic E-state index is 11.9. The molecule has 102 valence electrons. The van der Waals surface area contributed by atoms with Crippen LogP contribution >= 0.6 is 23.2 Å². The number of carboxylic acids is 1. The molecular weight excluding hydrogens is 291 g/mol. The Morgan fingerprint density at radius 3 is 2.26 bits per heavy atom. The number of carbonyl (C=O) groups is 2. The molecule has 0 spiro atoms. The van der Waals surface area contributed by atoms with Gasteiger partial charge in [0.15, 0.2) is 18.1 Å². The highest BCUT2D eigenvalue weighted by atomic mass is 35.5. The van der Waals surface area contributed by atoms with Gasteiger partial charge in [-0.25, -0.2) is 4.79 Å². The second-order valence-corrected chi connectivity index (χ2v) is 4.55. The van der Waals surface area contributed by atoms with Crippen LogP contribution in [0.5, 0.6) is 5.75 Å². The first-order valence-corrected chi connectivity index (χ1v) is 6.18. The van der Waals surface area contributed by atoms with Crippen LogP contribution in [-0.4, -0.2) is 23.5 Å². The van der Waals surface area contributed by atoms with Crippen molar-refractivity contribution in [1.82, 2.24) is 0 Å². The maximum atomic E-state index is 11.9. The third-order valence-electron chi connectivity index (χ3n) is 2.35. The lowest BCUT2D eigenvalue weighted by molar-refractivity contribution is -0.139. The lowest BCUT2D eigenvalue weighted by atomic mass is 10.0. The Kier molecular flexibility index (Phi) is 5.39. The van der Waals surface area contributed by atoms with Crippen molar-refractivity contribution in [3.8, 4) is 5.75 Å². The van der Waals surface area contributed by atoms with Gasteiger partial charge < -0.3 is 9.84 Å². The molecule has 0 bridgehead atoms. The number of halogens is 2. The van der Waals surface area contributed by atoms with Crippen molar-refractivity contribution in [3.63, 3.8) is 0 Å². The Hall–Kier alpha value is -1.52. The number of Topliss-reactive ketones (excluding diaryl/α,β-unsaturated/α-hetero) is 1.